The summed E-state index contributed by atoms with van der Waals surface area (Å²) in [4.78, 5) is 2.42. The first kappa shape index (κ1) is 13.5. The predicted octanol–water partition coefficient (Wildman–Crippen LogP) is 2.60. The summed E-state index contributed by atoms with van der Waals surface area (Å²) in [7, 11) is 0. The van der Waals surface area contributed by atoms with Crippen molar-refractivity contribution < 1.29 is 4.39 Å². The average molecular weight is 250 g/mol. The van der Waals surface area contributed by atoms with E-state index in [1.807, 2.05) is 12.1 Å². The van der Waals surface area contributed by atoms with Crippen LogP contribution in [-0.2, 0) is 0 Å². The van der Waals surface area contributed by atoms with Crippen molar-refractivity contribution in [2.45, 2.75) is 25.7 Å². The maximum atomic E-state index is 13.8. The van der Waals surface area contributed by atoms with E-state index in [0.29, 0.717) is 6.54 Å². The van der Waals surface area contributed by atoms with Crippen LogP contribution in [0.3, 0.4) is 0 Å². The fourth-order valence-electron chi connectivity index (χ4n) is 2.66. The highest BCUT2D eigenvalue weighted by atomic mass is 19.1. The molecule has 1 aromatic rings. The Morgan fingerprint density at radius 3 is 2.61 bits per heavy atom. The zero-order chi connectivity index (χ0) is 13.0. The fourth-order valence-corrected chi connectivity index (χ4v) is 2.66. The van der Waals surface area contributed by atoms with Crippen LogP contribution in [0.2, 0.25) is 0 Å². The van der Waals surface area contributed by atoms with Gasteiger partial charge < -0.3 is 10.6 Å². The second-order valence-electron chi connectivity index (χ2n) is 5.44. The summed E-state index contributed by atoms with van der Waals surface area (Å²) < 4.78 is 13.8. The van der Waals surface area contributed by atoms with Crippen LogP contribution in [0.5, 0.6) is 0 Å². The van der Waals surface area contributed by atoms with Gasteiger partial charge in [-0.05, 0) is 43.5 Å². The minimum atomic E-state index is -0.127. The van der Waals surface area contributed by atoms with Gasteiger partial charge in [0.05, 0.1) is 0 Å². The lowest BCUT2D eigenvalue weighted by atomic mass is 9.94. The zero-order valence-electron chi connectivity index (χ0n) is 11.1. The summed E-state index contributed by atoms with van der Waals surface area (Å²) in [6, 6.07) is 7.00. The van der Waals surface area contributed by atoms with Crippen LogP contribution in [0.1, 0.15) is 31.2 Å². The Morgan fingerprint density at radius 2 is 2.00 bits per heavy atom. The molecular weight excluding hydrogens is 227 g/mol. The average Bonchev–Trinajstić information content (AvgIpc) is 2.39. The Bertz CT molecular complexity index is 373. The lowest BCUT2D eigenvalue weighted by Crippen LogP contribution is -2.37. The summed E-state index contributed by atoms with van der Waals surface area (Å²) in [6.07, 6.45) is 2.49. The van der Waals surface area contributed by atoms with Gasteiger partial charge in [-0.3, -0.25) is 0 Å². The van der Waals surface area contributed by atoms with Crippen LogP contribution < -0.4 is 5.73 Å². The van der Waals surface area contributed by atoms with E-state index >= 15 is 0 Å². The summed E-state index contributed by atoms with van der Waals surface area (Å²) in [6.45, 7) is 5.92. The van der Waals surface area contributed by atoms with E-state index in [4.69, 9.17) is 5.73 Å². The van der Waals surface area contributed by atoms with Crippen molar-refractivity contribution in [2.75, 3.05) is 26.2 Å². The maximum Gasteiger partial charge on any atom is 0.126 e. The van der Waals surface area contributed by atoms with E-state index in [1.165, 1.54) is 18.9 Å². The molecule has 1 heterocycles. The molecule has 0 spiro atoms. The number of likely N-dealkylation sites (tertiary alicyclic amines) is 1. The molecule has 0 saturated carbocycles. The van der Waals surface area contributed by atoms with Gasteiger partial charge in [-0.2, -0.15) is 0 Å². The highest BCUT2D eigenvalue weighted by Gasteiger charge is 2.21. The number of rotatable bonds is 4. The second kappa shape index (κ2) is 6.30. The van der Waals surface area contributed by atoms with Crippen molar-refractivity contribution in [2.24, 2.45) is 11.7 Å². The van der Waals surface area contributed by atoms with E-state index < -0.39 is 0 Å². The minimum Gasteiger partial charge on any atom is -0.330 e. The fraction of sp³-hybridized carbons (Fsp3) is 0.600. The molecule has 1 aromatic carbocycles. The van der Waals surface area contributed by atoms with E-state index in [2.05, 4.69) is 11.8 Å². The van der Waals surface area contributed by atoms with Gasteiger partial charge in [0.15, 0.2) is 0 Å². The van der Waals surface area contributed by atoms with Gasteiger partial charge in [-0.1, -0.05) is 25.1 Å². The molecule has 1 fully saturated rings. The van der Waals surface area contributed by atoms with E-state index in [9.17, 15) is 4.39 Å². The van der Waals surface area contributed by atoms with E-state index in [-0.39, 0.29) is 11.7 Å². The molecule has 2 nitrogen and oxygen atoms in total. The number of nitrogens with two attached hydrogens (primary N) is 1. The molecular formula is C15H23FN2. The topological polar surface area (TPSA) is 29.3 Å². The molecule has 0 amide bonds. The summed E-state index contributed by atoms with van der Waals surface area (Å²) in [5, 5.41) is 0. The highest BCUT2D eigenvalue weighted by Crippen LogP contribution is 2.22. The lowest BCUT2D eigenvalue weighted by Gasteiger charge is -2.33. The van der Waals surface area contributed by atoms with Crippen LogP contribution >= 0.6 is 0 Å². The lowest BCUT2D eigenvalue weighted by molar-refractivity contribution is 0.182. The van der Waals surface area contributed by atoms with Gasteiger partial charge in [0.2, 0.25) is 0 Å². The zero-order valence-corrected chi connectivity index (χ0v) is 11.1. The Kier molecular flexibility index (Phi) is 4.72. The van der Waals surface area contributed by atoms with Crippen LogP contribution in [0.4, 0.5) is 4.39 Å². The third-order valence-electron chi connectivity index (χ3n) is 3.98. The molecule has 18 heavy (non-hydrogen) atoms. The molecule has 2 N–H and O–H groups in total. The summed E-state index contributed by atoms with van der Waals surface area (Å²) >= 11 is 0. The highest BCUT2D eigenvalue weighted by molar-refractivity contribution is 5.22. The van der Waals surface area contributed by atoms with Crippen LogP contribution in [0.25, 0.3) is 0 Å². The number of halogens is 1. The normalized spacial score (nSPS) is 19.9. The van der Waals surface area contributed by atoms with E-state index in [1.54, 1.807) is 6.07 Å². The van der Waals surface area contributed by atoms with Gasteiger partial charge in [-0.15, -0.1) is 0 Å². The van der Waals surface area contributed by atoms with Gasteiger partial charge in [0.25, 0.3) is 0 Å². The number of benzene rings is 1. The van der Waals surface area contributed by atoms with Crippen molar-refractivity contribution >= 4 is 0 Å². The first-order valence-corrected chi connectivity index (χ1v) is 6.87. The van der Waals surface area contributed by atoms with Gasteiger partial charge in [0, 0.05) is 19.0 Å². The SMILES string of the molecule is CC1CCN(CC(CN)c2ccccc2F)CC1. The molecule has 1 unspecified atom stereocenters. The smallest absolute Gasteiger partial charge is 0.126 e. The molecule has 100 valence electrons. The molecule has 0 aliphatic carbocycles. The molecule has 1 aliphatic rings. The Morgan fingerprint density at radius 1 is 1.33 bits per heavy atom. The van der Waals surface area contributed by atoms with Crippen molar-refractivity contribution in [3.05, 3.63) is 35.6 Å². The second-order valence-corrected chi connectivity index (χ2v) is 5.44. The molecule has 0 radical (unpaired) electrons. The third-order valence-corrected chi connectivity index (χ3v) is 3.98. The van der Waals surface area contributed by atoms with Gasteiger partial charge >= 0.3 is 0 Å². The maximum absolute atomic E-state index is 13.8. The predicted molar refractivity (Wildman–Crippen MR) is 73.0 cm³/mol. The number of nitrogens with zero attached hydrogens (tertiary/aromatic N) is 1. The number of hydrogen-bond acceptors (Lipinski definition) is 2. The quantitative estimate of drug-likeness (QED) is 0.890. The largest absolute Gasteiger partial charge is 0.330 e. The Balaban J connectivity index is 1.99. The van der Waals surface area contributed by atoms with Gasteiger partial charge in [-0.25, -0.2) is 4.39 Å². The molecule has 0 bridgehead atoms. The first-order valence-electron chi connectivity index (χ1n) is 6.87. The Hall–Kier alpha value is -0.930. The molecule has 0 aromatic heterocycles. The number of piperidine rings is 1. The number of hydrogen-bond donors (Lipinski definition) is 1. The molecule has 1 saturated heterocycles. The van der Waals surface area contributed by atoms with Crippen LogP contribution in [0, 0.1) is 11.7 Å². The molecule has 3 heteroatoms. The third kappa shape index (κ3) is 3.30. The van der Waals surface area contributed by atoms with Crippen molar-refractivity contribution in [1.29, 1.82) is 0 Å². The van der Waals surface area contributed by atoms with Crippen molar-refractivity contribution in [3.63, 3.8) is 0 Å². The standard InChI is InChI=1S/C15H23FN2/c1-12-6-8-18(9-7-12)11-13(10-17)14-4-2-3-5-15(14)16/h2-5,12-13H,6-11,17H2,1H3. The van der Waals surface area contributed by atoms with E-state index in [0.717, 1.165) is 31.1 Å². The van der Waals surface area contributed by atoms with Crippen molar-refractivity contribution in [3.8, 4) is 0 Å². The first-order chi connectivity index (χ1) is 8.70. The molecule has 1 atom stereocenters. The van der Waals surface area contributed by atoms with Crippen LogP contribution in [0.15, 0.2) is 24.3 Å². The summed E-state index contributed by atoms with van der Waals surface area (Å²) in [5.41, 5.74) is 6.59. The monoisotopic (exact) mass is 250 g/mol. The molecule has 2 rings (SSSR count). The molecule has 1 aliphatic heterocycles. The van der Waals surface area contributed by atoms with Crippen LogP contribution in [-0.4, -0.2) is 31.1 Å². The van der Waals surface area contributed by atoms with Gasteiger partial charge in [0.1, 0.15) is 5.82 Å². The van der Waals surface area contributed by atoms with Crippen molar-refractivity contribution in [1.82, 2.24) is 4.90 Å². The summed E-state index contributed by atoms with van der Waals surface area (Å²) in [5.74, 6) is 0.809. The Labute approximate surface area is 109 Å². The minimum absolute atomic E-state index is 0.111.